The van der Waals surface area contributed by atoms with Crippen molar-refractivity contribution < 1.29 is 22.6 Å². The maximum atomic E-state index is 12.8. The van der Waals surface area contributed by atoms with E-state index in [1.165, 1.54) is 25.1 Å². The van der Waals surface area contributed by atoms with Crippen molar-refractivity contribution in [2.24, 2.45) is 11.8 Å². The molecule has 4 aliphatic rings. The Morgan fingerprint density at radius 1 is 1.17 bits per heavy atom. The Balaban J connectivity index is 1.15. The van der Waals surface area contributed by atoms with Crippen molar-refractivity contribution in [3.05, 3.63) is 24.0 Å². The number of halogens is 3. The zero-order chi connectivity index (χ0) is 25.4. The molecule has 11 heteroatoms. The summed E-state index contributed by atoms with van der Waals surface area (Å²) in [6.45, 7) is 9.02. The lowest BCUT2D eigenvalue weighted by Gasteiger charge is -2.55. The fourth-order valence-electron chi connectivity index (χ4n) is 6.74. The number of nitrogens with zero attached hydrogens (tertiary/aromatic N) is 5. The van der Waals surface area contributed by atoms with E-state index < -0.39 is 12.1 Å². The Morgan fingerprint density at radius 3 is 2.53 bits per heavy atom. The second-order valence-corrected chi connectivity index (χ2v) is 11.3. The molecule has 196 valence electrons. The third-order valence-corrected chi connectivity index (χ3v) is 8.36. The van der Waals surface area contributed by atoms with Crippen LogP contribution in [0.2, 0.25) is 0 Å². The van der Waals surface area contributed by atoms with Crippen molar-refractivity contribution in [1.82, 2.24) is 24.6 Å². The number of pyridine rings is 1. The van der Waals surface area contributed by atoms with Crippen LogP contribution in [0.4, 0.5) is 19.0 Å². The van der Waals surface area contributed by atoms with Gasteiger partial charge in [-0.3, -0.25) is 9.58 Å². The summed E-state index contributed by atoms with van der Waals surface area (Å²) in [6.07, 6.45) is -1.04. The molecule has 2 aromatic heterocycles. The van der Waals surface area contributed by atoms with Crippen LogP contribution in [-0.2, 0) is 4.74 Å². The molecule has 2 aliphatic heterocycles. The lowest BCUT2D eigenvalue weighted by atomic mass is 9.88. The maximum Gasteiger partial charge on any atom is 0.573 e. The van der Waals surface area contributed by atoms with Crippen LogP contribution in [-0.4, -0.2) is 82.4 Å². The van der Waals surface area contributed by atoms with Crippen LogP contribution in [0.5, 0.6) is 5.75 Å². The second-order valence-electron chi connectivity index (χ2n) is 11.3. The molecule has 4 heterocycles. The first-order chi connectivity index (χ1) is 17.0. The fraction of sp³-hybridized carbons (Fsp3) is 0.680. The highest BCUT2D eigenvalue weighted by molar-refractivity contribution is 5.64. The van der Waals surface area contributed by atoms with Gasteiger partial charge < -0.3 is 20.1 Å². The third kappa shape index (κ3) is 4.24. The minimum absolute atomic E-state index is 0.0200. The van der Waals surface area contributed by atoms with Crippen LogP contribution in [0.25, 0.3) is 11.3 Å². The van der Waals surface area contributed by atoms with Crippen LogP contribution < -0.4 is 10.5 Å². The molecule has 36 heavy (non-hydrogen) atoms. The molecule has 0 bridgehead atoms. The van der Waals surface area contributed by atoms with Gasteiger partial charge in [-0.05, 0) is 57.7 Å². The Kier molecular flexibility index (Phi) is 5.55. The van der Waals surface area contributed by atoms with Gasteiger partial charge >= 0.3 is 6.36 Å². The first-order valence-electron chi connectivity index (χ1n) is 12.7. The molecule has 0 aromatic carbocycles. The van der Waals surface area contributed by atoms with Gasteiger partial charge in [0.2, 0.25) is 0 Å². The molecular formula is C25H33F3N6O2. The summed E-state index contributed by atoms with van der Waals surface area (Å²) in [5.74, 6) is 0.868. The van der Waals surface area contributed by atoms with Crippen molar-refractivity contribution in [2.75, 3.05) is 45.6 Å². The van der Waals surface area contributed by atoms with Gasteiger partial charge in [0.05, 0.1) is 12.3 Å². The van der Waals surface area contributed by atoms with Gasteiger partial charge in [-0.1, -0.05) is 0 Å². The Hall–Kier alpha value is -2.37. The van der Waals surface area contributed by atoms with E-state index in [1.54, 1.807) is 0 Å². The number of likely N-dealkylation sites (N-methyl/N-ethyl adjacent to an activating group) is 1. The van der Waals surface area contributed by atoms with Gasteiger partial charge in [-0.25, -0.2) is 4.98 Å². The molecule has 2 saturated carbocycles. The molecule has 2 aliphatic carbocycles. The number of fused-ring (bicyclic) bond motifs is 1. The Bertz CT molecular complexity index is 1130. The van der Waals surface area contributed by atoms with Gasteiger partial charge in [0.25, 0.3) is 0 Å². The van der Waals surface area contributed by atoms with Gasteiger partial charge in [-0.15, -0.1) is 13.2 Å². The van der Waals surface area contributed by atoms with E-state index in [0.717, 1.165) is 38.5 Å². The zero-order valence-electron chi connectivity index (χ0n) is 20.8. The van der Waals surface area contributed by atoms with E-state index >= 15 is 0 Å². The number of nitrogen functional groups attached to an aromatic ring is 1. The average Bonchev–Trinajstić information content (AvgIpc) is 3.12. The quantitative estimate of drug-likeness (QED) is 0.665. The number of aromatic nitrogens is 3. The van der Waals surface area contributed by atoms with Gasteiger partial charge in [-0.2, -0.15) is 5.10 Å². The summed E-state index contributed by atoms with van der Waals surface area (Å²) in [5.41, 5.74) is 7.82. The van der Waals surface area contributed by atoms with Gasteiger partial charge in [0, 0.05) is 61.6 Å². The minimum atomic E-state index is -4.84. The smallest absolute Gasteiger partial charge is 0.402 e. The summed E-state index contributed by atoms with van der Waals surface area (Å²) in [4.78, 5) is 8.87. The molecule has 2 saturated heterocycles. The predicted molar refractivity (Wildman–Crippen MR) is 127 cm³/mol. The normalized spacial score (nSPS) is 30.0. The van der Waals surface area contributed by atoms with Crippen molar-refractivity contribution in [3.63, 3.8) is 0 Å². The number of nitrogens with two attached hydrogens (primary N) is 1. The van der Waals surface area contributed by atoms with E-state index in [2.05, 4.69) is 40.4 Å². The minimum Gasteiger partial charge on any atom is -0.402 e. The lowest BCUT2D eigenvalue weighted by Crippen LogP contribution is -2.71. The van der Waals surface area contributed by atoms with Crippen LogP contribution >= 0.6 is 0 Å². The SMILES string of the molecule is CC(C)n1nc(-c2cnc(N)c(OC(F)(F)F)c2)cc1[C@H]1[C@@H]2C[C@@H](N3CC4(CN(C)CCO4)C3)C[C@@H]21. The number of rotatable bonds is 5. The molecule has 0 amide bonds. The first-order valence-corrected chi connectivity index (χ1v) is 12.7. The predicted octanol–water partition coefficient (Wildman–Crippen LogP) is 3.52. The van der Waals surface area contributed by atoms with Crippen LogP contribution in [0.15, 0.2) is 18.3 Å². The molecule has 6 rings (SSSR count). The fourth-order valence-corrected chi connectivity index (χ4v) is 6.74. The van der Waals surface area contributed by atoms with Crippen molar-refractivity contribution >= 4 is 5.82 Å². The van der Waals surface area contributed by atoms with Gasteiger partial charge in [0.15, 0.2) is 11.6 Å². The third-order valence-electron chi connectivity index (χ3n) is 8.36. The molecule has 0 unspecified atom stereocenters. The highest BCUT2D eigenvalue weighted by Gasteiger charge is 2.61. The van der Waals surface area contributed by atoms with E-state index in [9.17, 15) is 13.2 Å². The number of ether oxygens (including phenoxy) is 2. The van der Waals surface area contributed by atoms with Crippen molar-refractivity contribution in [3.8, 4) is 17.0 Å². The molecule has 1 spiro atoms. The molecule has 4 atom stereocenters. The Labute approximate surface area is 208 Å². The van der Waals surface area contributed by atoms with E-state index in [-0.39, 0.29) is 17.5 Å². The standard InChI is InChI=1S/C25H33F3N6O2/c1-14(2)34-20(9-19(31-34)15-6-21(23(29)30-10-15)36-25(26,27)28)22-17-7-16(8-18(17)22)33-12-24(13-33)11-32(3)4-5-35-24/h6,9-10,14,16-18,22H,4-5,7-8,11-13H2,1-3H3,(H2,29,30)/t16-,17-,18+,22+. The number of hydrogen-bond acceptors (Lipinski definition) is 7. The maximum absolute atomic E-state index is 12.8. The number of anilines is 1. The average molecular weight is 507 g/mol. The monoisotopic (exact) mass is 506 g/mol. The highest BCUT2D eigenvalue weighted by Crippen LogP contribution is 2.64. The summed E-state index contributed by atoms with van der Waals surface area (Å²) in [7, 11) is 2.17. The number of hydrogen-bond donors (Lipinski definition) is 1. The van der Waals surface area contributed by atoms with Crippen LogP contribution in [0.1, 0.15) is 44.3 Å². The largest absolute Gasteiger partial charge is 0.573 e. The van der Waals surface area contributed by atoms with Gasteiger partial charge in [0.1, 0.15) is 5.60 Å². The number of alkyl halides is 3. The molecule has 2 aromatic rings. The number of likely N-dealkylation sites (tertiary alicyclic amines) is 1. The topological polar surface area (TPSA) is 81.7 Å². The van der Waals surface area contributed by atoms with Crippen molar-refractivity contribution in [1.29, 1.82) is 0 Å². The van der Waals surface area contributed by atoms with E-state index in [0.29, 0.717) is 35.1 Å². The Morgan fingerprint density at radius 2 is 1.89 bits per heavy atom. The molecule has 8 nitrogen and oxygen atoms in total. The van der Waals surface area contributed by atoms with Crippen LogP contribution in [0, 0.1) is 11.8 Å². The lowest BCUT2D eigenvalue weighted by molar-refractivity contribution is -0.274. The summed E-state index contributed by atoms with van der Waals surface area (Å²) in [6, 6.07) is 4.01. The summed E-state index contributed by atoms with van der Waals surface area (Å²) >= 11 is 0. The van der Waals surface area contributed by atoms with E-state index in [1.807, 2.05) is 10.7 Å². The van der Waals surface area contributed by atoms with Crippen molar-refractivity contribution in [2.45, 2.75) is 56.7 Å². The van der Waals surface area contributed by atoms with E-state index in [4.69, 9.17) is 15.6 Å². The molecule has 0 radical (unpaired) electrons. The zero-order valence-corrected chi connectivity index (χ0v) is 20.8. The summed E-state index contributed by atoms with van der Waals surface area (Å²) in [5, 5.41) is 4.75. The number of morpholine rings is 1. The second kappa shape index (κ2) is 8.32. The van der Waals surface area contributed by atoms with Crippen LogP contribution in [0.3, 0.4) is 0 Å². The molecule has 4 fully saturated rings. The summed E-state index contributed by atoms with van der Waals surface area (Å²) < 4.78 is 50.5. The molecule has 2 N–H and O–H groups in total. The first kappa shape index (κ1) is 24.0. The molecular weight excluding hydrogens is 473 g/mol. The highest BCUT2D eigenvalue weighted by atomic mass is 19.4.